The molecule has 0 aliphatic heterocycles. The first-order valence-corrected chi connectivity index (χ1v) is 5.43. The van der Waals surface area contributed by atoms with E-state index in [9.17, 15) is 4.79 Å². The largest absolute Gasteiger partial charge is 0.423 e. The van der Waals surface area contributed by atoms with Gasteiger partial charge in [0.25, 0.3) is 0 Å². The van der Waals surface area contributed by atoms with E-state index < -0.39 is 0 Å². The molecule has 0 atom stereocenters. The molecule has 1 aromatic rings. The smallest absolute Gasteiger partial charge is 0.315 e. The highest BCUT2D eigenvalue weighted by Gasteiger charge is 2.01. The minimum absolute atomic E-state index is 0.289. The summed E-state index contributed by atoms with van der Waals surface area (Å²) < 4.78 is 5.01. The molecule has 0 fully saturated rings. The number of nitrogens with zero attached hydrogens (tertiary/aromatic N) is 2. The van der Waals surface area contributed by atoms with E-state index in [1.807, 2.05) is 12.2 Å². The van der Waals surface area contributed by atoms with Crippen molar-refractivity contribution < 1.29 is 9.53 Å². The highest BCUT2D eigenvalue weighted by Crippen LogP contribution is 2.05. The number of rotatable bonds is 6. The summed E-state index contributed by atoms with van der Waals surface area (Å²) in [5, 5.41) is 0. The summed E-state index contributed by atoms with van der Waals surface area (Å²) in [4.78, 5) is 18.8. The Morgan fingerprint density at radius 2 is 2.12 bits per heavy atom. The van der Waals surface area contributed by atoms with Crippen LogP contribution in [-0.2, 0) is 4.79 Å². The summed E-state index contributed by atoms with van der Waals surface area (Å²) >= 11 is 0. The third-order valence-electron chi connectivity index (χ3n) is 1.94. The average molecular weight is 220 g/mol. The maximum Gasteiger partial charge on any atom is 0.315 e. The second kappa shape index (κ2) is 7.56. The number of carbonyl (C=O) groups excluding carboxylic acids is 1. The Hall–Kier alpha value is -1.71. The van der Waals surface area contributed by atoms with Gasteiger partial charge in [0.1, 0.15) is 6.33 Å². The van der Waals surface area contributed by atoms with Gasteiger partial charge >= 0.3 is 5.97 Å². The summed E-state index contributed by atoms with van der Waals surface area (Å²) in [6.07, 6.45) is 11.8. The lowest BCUT2D eigenvalue weighted by Crippen LogP contribution is -2.06. The summed E-state index contributed by atoms with van der Waals surface area (Å²) in [7, 11) is 0. The molecule has 0 saturated carbocycles. The number of hydrogen-bond acceptors (Lipinski definition) is 4. The summed E-state index contributed by atoms with van der Waals surface area (Å²) in [6.45, 7) is 2.14. The van der Waals surface area contributed by atoms with Crippen molar-refractivity contribution in [3.8, 4) is 5.75 Å². The number of allylic oxidation sites excluding steroid dienone is 1. The number of ether oxygens (including phenoxy) is 1. The van der Waals surface area contributed by atoms with E-state index in [2.05, 4.69) is 16.9 Å². The second-order valence-electron chi connectivity index (χ2n) is 3.37. The Kier molecular flexibility index (Phi) is 5.84. The van der Waals surface area contributed by atoms with Crippen LogP contribution >= 0.6 is 0 Å². The normalized spacial score (nSPS) is 10.6. The van der Waals surface area contributed by atoms with Gasteiger partial charge in [-0.3, -0.25) is 4.79 Å². The Balaban J connectivity index is 2.24. The highest BCUT2D eigenvalue weighted by atomic mass is 16.5. The summed E-state index contributed by atoms with van der Waals surface area (Å²) in [6, 6.07) is 0. The van der Waals surface area contributed by atoms with E-state index in [1.54, 1.807) is 0 Å². The lowest BCUT2D eigenvalue weighted by atomic mass is 10.2. The standard InChI is InChI=1S/C12H16N2O2/c1-2-3-4-5-6-7-12(15)16-11-8-13-10-14-9-11/h5-6,8-10H,2-4,7H2,1H3/b6-5-. The van der Waals surface area contributed by atoms with Crippen molar-refractivity contribution in [3.63, 3.8) is 0 Å². The fourth-order valence-electron chi connectivity index (χ4n) is 1.13. The summed E-state index contributed by atoms with van der Waals surface area (Å²) in [5.41, 5.74) is 0. The van der Waals surface area contributed by atoms with E-state index in [-0.39, 0.29) is 5.97 Å². The molecule has 4 nitrogen and oxygen atoms in total. The van der Waals surface area contributed by atoms with Crippen LogP contribution < -0.4 is 4.74 Å². The molecule has 0 saturated heterocycles. The van der Waals surface area contributed by atoms with E-state index >= 15 is 0 Å². The van der Waals surface area contributed by atoms with Gasteiger partial charge in [-0.05, 0) is 6.42 Å². The number of carbonyl (C=O) groups is 1. The summed E-state index contributed by atoms with van der Waals surface area (Å²) in [5.74, 6) is 0.0945. The predicted octanol–water partition coefficient (Wildman–Crippen LogP) is 2.52. The fourth-order valence-corrected chi connectivity index (χ4v) is 1.13. The van der Waals surface area contributed by atoms with Gasteiger partial charge in [0.15, 0.2) is 5.75 Å². The van der Waals surface area contributed by atoms with Crippen molar-refractivity contribution in [2.24, 2.45) is 0 Å². The monoisotopic (exact) mass is 220 g/mol. The topological polar surface area (TPSA) is 52.1 Å². The Morgan fingerprint density at radius 1 is 1.38 bits per heavy atom. The second-order valence-corrected chi connectivity index (χ2v) is 3.37. The molecule has 1 aromatic heterocycles. The predicted molar refractivity (Wildman–Crippen MR) is 60.9 cm³/mol. The van der Waals surface area contributed by atoms with E-state index in [0.29, 0.717) is 12.2 Å². The number of unbranched alkanes of at least 4 members (excludes halogenated alkanes) is 2. The van der Waals surface area contributed by atoms with Gasteiger partial charge in [-0.15, -0.1) is 0 Å². The zero-order valence-electron chi connectivity index (χ0n) is 9.43. The molecule has 0 radical (unpaired) electrons. The van der Waals surface area contributed by atoms with Crippen molar-refractivity contribution in [3.05, 3.63) is 30.9 Å². The maximum absolute atomic E-state index is 11.3. The first-order chi connectivity index (χ1) is 7.83. The van der Waals surface area contributed by atoms with Gasteiger partial charge in [-0.25, -0.2) is 9.97 Å². The van der Waals surface area contributed by atoms with Crippen LogP contribution in [0.5, 0.6) is 5.75 Å². The molecular weight excluding hydrogens is 204 g/mol. The third kappa shape index (κ3) is 5.24. The van der Waals surface area contributed by atoms with Crippen molar-refractivity contribution in [1.29, 1.82) is 0 Å². The number of aromatic nitrogens is 2. The lowest BCUT2D eigenvalue weighted by molar-refractivity contribution is -0.133. The molecule has 0 aliphatic carbocycles. The van der Waals surface area contributed by atoms with E-state index in [4.69, 9.17) is 4.74 Å². The lowest BCUT2D eigenvalue weighted by Gasteiger charge is -1.99. The van der Waals surface area contributed by atoms with Crippen LogP contribution in [-0.4, -0.2) is 15.9 Å². The minimum Gasteiger partial charge on any atom is -0.423 e. The van der Waals surface area contributed by atoms with Gasteiger partial charge in [-0.2, -0.15) is 0 Å². The van der Waals surface area contributed by atoms with Gasteiger partial charge in [0.05, 0.1) is 18.8 Å². The highest BCUT2D eigenvalue weighted by molar-refractivity contribution is 5.73. The maximum atomic E-state index is 11.3. The molecule has 1 rings (SSSR count). The molecule has 16 heavy (non-hydrogen) atoms. The number of hydrogen-bond donors (Lipinski definition) is 0. The quantitative estimate of drug-likeness (QED) is 0.420. The zero-order chi connectivity index (χ0) is 11.6. The van der Waals surface area contributed by atoms with E-state index in [0.717, 1.165) is 19.3 Å². The molecule has 0 aromatic carbocycles. The molecule has 0 amide bonds. The van der Waals surface area contributed by atoms with Gasteiger partial charge in [-0.1, -0.05) is 31.9 Å². The molecule has 0 bridgehead atoms. The van der Waals surface area contributed by atoms with Crippen LogP contribution in [0.4, 0.5) is 0 Å². The van der Waals surface area contributed by atoms with Crippen molar-refractivity contribution in [2.45, 2.75) is 32.6 Å². The van der Waals surface area contributed by atoms with Crippen molar-refractivity contribution in [1.82, 2.24) is 9.97 Å². The minimum atomic E-state index is -0.289. The molecular formula is C12H16N2O2. The molecule has 0 aliphatic rings. The van der Waals surface area contributed by atoms with Crippen LogP contribution in [0.15, 0.2) is 30.9 Å². The molecule has 0 spiro atoms. The van der Waals surface area contributed by atoms with Crippen LogP contribution in [0, 0.1) is 0 Å². The van der Waals surface area contributed by atoms with Crippen LogP contribution in [0.1, 0.15) is 32.6 Å². The number of esters is 1. The van der Waals surface area contributed by atoms with Crippen molar-refractivity contribution in [2.75, 3.05) is 0 Å². The Labute approximate surface area is 95.4 Å². The SMILES string of the molecule is CCCC/C=C\CC(=O)Oc1cncnc1. The molecule has 86 valence electrons. The zero-order valence-corrected chi connectivity index (χ0v) is 9.43. The van der Waals surface area contributed by atoms with Crippen LogP contribution in [0.25, 0.3) is 0 Å². The van der Waals surface area contributed by atoms with Gasteiger partial charge in [0, 0.05) is 0 Å². The fraction of sp³-hybridized carbons (Fsp3) is 0.417. The first kappa shape index (κ1) is 12.4. The third-order valence-corrected chi connectivity index (χ3v) is 1.94. The van der Waals surface area contributed by atoms with Crippen LogP contribution in [0.3, 0.4) is 0 Å². The van der Waals surface area contributed by atoms with Gasteiger partial charge < -0.3 is 4.74 Å². The molecule has 1 heterocycles. The first-order valence-electron chi connectivity index (χ1n) is 5.43. The molecule has 0 unspecified atom stereocenters. The Morgan fingerprint density at radius 3 is 2.81 bits per heavy atom. The van der Waals surface area contributed by atoms with E-state index in [1.165, 1.54) is 18.7 Å². The average Bonchev–Trinajstić information content (AvgIpc) is 2.30. The molecule has 4 heteroatoms. The molecule has 0 N–H and O–H groups in total. The van der Waals surface area contributed by atoms with Gasteiger partial charge in [0.2, 0.25) is 0 Å². The van der Waals surface area contributed by atoms with Crippen LogP contribution in [0.2, 0.25) is 0 Å². The van der Waals surface area contributed by atoms with Crippen molar-refractivity contribution >= 4 is 5.97 Å². The Bertz CT molecular complexity index is 336.